The fourth-order valence-electron chi connectivity index (χ4n) is 1.65. The minimum atomic E-state index is -0.964. The Morgan fingerprint density at radius 2 is 2.13 bits per heavy atom. The molecule has 1 saturated heterocycles. The third-order valence-corrected chi connectivity index (χ3v) is 3.34. The van der Waals surface area contributed by atoms with Gasteiger partial charge in [0, 0.05) is 4.91 Å². The van der Waals surface area contributed by atoms with Gasteiger partial charge in [-0.05, 0) is 18.2 Å². The lowest BCUT2D eigenvalue weighted by molar-refractivity contribution is -0.148. The second-order valence-corrected chi connectivity index (χ2v) is 4.30. The van der Waals surface area contributed by atoms with Gasteiger partial charge in [0.25, 0.3) is 0 Å². The molecular weight excluding hydrogens is 218 g/mol. The number of ether oxygens (including phenoxy) is 1. The Hall–Kier alpha value is -0.460. The molecule has 2 unspecified atom stereocenters. The lowest BCUT2D eigenvalue weighted by Crippen LogP contribution is -2.55. The molecule has 1 aliphatic rings. The molecule has 1 fully saturated rings. The van der Waals surface area contributed by atoms with E-state index >= 15 is 0 Å². The van der Waals surface area contributed by atoms with E-state index in [-0.39, 0.29) is 6.10 Å². The van der Waals surface area contributed by atoms with Gasteiger partial charge in [0.2, 0.25) is 0 Å². The van der Waals surface area contributed by atoms with E-state index in [9.17, 15) is 10.2 Å². The van der Waals surface area contributed by atoms with Crippen LogP contribution in [-0.2, 0) is 4.74 Å². The van der Waals surface area contributed by atoms with Crippen LogP contribution in [0.2, 0.25) is 0 Å². The Balaban J connectivity index is 2.85. The van der Waals surface area contributed by atoms with Gasteiger partial charge >= 0.3 is 0 Å². The molecule has 2 N–H and O–H groups in total. The largest absolute Gasteiger partial charge is 0.390 e. The molecule has 1 rings (SSSR count). The van der Waals surface area contributed by atoms with Gasteiger partial charge in [-0.15, -0.1) is 11.8 Å². The fourth-order valence-corrected chi connectivity index (χ4v) is 2.34. The summed E-state index contributed by atoms with van der Waals surface area (Å²) in [5.41, 5.74) is 7.91. The Morgan fingerprint density at radius 1 is 1.47 bits per heavy atom. The van der Waals surface area contributed by atoms with Gasteiger partial charge in [-0.2, -0.15) is 0 Å². The van der Waals surface area contributed by atoms with Crippen molar-refractivity contribution in [3.63, 3.8) is 0 Å². The highest BCUT2D eigenvalue weighted by Gasteiger charge is 2.42. The molecule has 0 aromatic carbocycles. The molecule has 1 aliphatic heterocycles. The number of rotatable bonds is 3. The molecule has 1 heterocycles. The molecule has 0 radical (unpaired) electrons. The van der Waals surface area contributed by atoms with Crippen molar-refractivity contribution in [2.45, 2.75) is 43.1 Å². The third kappa shape index (κ3) is 2.56. The zero-order chi connectivity index (χ0) is 11.4. The van der Waals surface area contributed by atoms with Crippen molar-refractivity contribution in [1.29, 1.82) is 0 Å². The van der Waals surface area contributed by atoms with Crippen LogP contribution in [0.1, 0.15) is 13.3 Å². The van der Waals surface area contributed by atoms with Crippen LogP contribution in [0.3, 0.4) is 0 Å². The Bertz CT molecular complexity index is 244. The predicted molar refractivity (Wildman–Crippen MR) is 57.4 cm³/mol. The SMILES string of the molecule is CCC1O[C@@H](SC)C(O)[C@@H](N=[N+]=[N-])[C@@H]1O. The van der Waals surface area contributed by atoms with Crippen LogP contribution < -0.4 is 0 Å². The summed E-state index contributed by atoms with van der Waals surface area (Å²) in [5, 5.41) is 23.0. The maximum atomic E-state index is 9.78. The van der Waals surface area contributed by atoms with Gasteiger partial charge in [-0.25, -0.2) is 0 Å². The van der Waals surface area contributed by atoms with Gasteiger partial charge in [-0.1, -0.05) is 12.0 Å². The average Bonchev–Trinajstić information content (AvgIpc) is 2.25. The van der Waals surface area contributed by atoms with Gasteiger partial charge in [0.15, 0.2) is 0 Å². The standard InChI is InChI=1S/C8H15N3O3S/c1-3-4-6(12)5(10-11-9)7(13)8(14-4)15-2/h4-8,12-13H,3H2,1-2H3/t4?,5-,6+,7?,8-/m0/s1. The summed E-state index contributed by atoms with van der Waals surface area (Å²) in [5.74, 6) is 0. The molecule has 86 valence electrons. The molecule has 0 aromatic heterocycles. The van der Waals surface area contributed by atoms with Gasteiger partial charge < -0.3 is 14.9 Å². The molecule has 5 atom stereocenters. The van der Waals surface area contributed by atoms with E-state index < -0.39 is 23.7 Å². The number of nitrogens with zero attached hydrogens (tertiary/aromatic N) is 3. The molecule has 15 heavy (non-hydrogen) atoms. The minimum absolute atomic E-state index is 0.388. The first-order chi connectivity index (χ1) is 7.15. The summed E-state index contributed by atoms with van der Waals surface area (Å²) in [6.45, 7) is 1.87. The van der Waals surface area contributed by atoms with Crippen molar-refractivity contribution >= 4 is 11.8 Å². The van der Waals surface area contributed by atoms with Gasteiger partial charge in [-0.3, -0.25) is 0 Å². The number of azide groups is 1. The highest BCUT2D eigenvalue weighted by atomic mass is 32.2. The zero-order valence-corrected chi connectivity index (χ0v) is 9.46. The van der Waals surface area contributed by atoms with Crippen molar-refractivity contribution in [2.24, 2.45) is 5.11 Å². The molecule has 0 aliphatic carbocycles. The number of aliphatic hydroxyl groups is 2. The van der Waals surface area contributed by atoms with Crippen molar-refractivity contribution in [2.75, 3.05) is 6.26 Å². The monoisotopic (exact) mass is 233 g/mol. The summed E-state index contributed by atoms with van der Waals surface area (Å²) in [4.78, 5) is 2.64. The Morgan fingerprint density at radius 3 is 2.60 bits per heavy atom. The lowest BCUT2D eigenvalue weighted by Gasteiger charge is -2.40. The van der Waals surface area contributed by atoms with Gasteiger partial charge in [0.1, 0.15) is 11.5 Å². The molecule has 7 heteroatoms. The highest BCUT2D eigenvalue weighted by Crippen LogP contribution is 2.30. The third-order valence-electron chi connectivity index (χ3n) is 2.49. The topological polar surface area (TPSA) is 98.5 Å². The second-order valence-electron chi connectivity index (χ2n) is 3.36. The molecule has 6 nitrogen and oxygen atoms in total. The van der Waals surface area contributed by atoms with Crippen LogP contribution in [-0.4, -0.2) is 46.3 Å². The number of hydrogen-bond donors (Lipinski definition) is 2. The van der Waals surface area contributed by atoms with Crippen molar-refractivity contribution in [3.8, 4) is 0 Å². The van der Waals surface area contributed by atoms with E-state index in [1.54, 1.807) is 6.26 Å². The smallest absolute Gasteiger partial charge is 0.129 e. The molecule has 0 amide bonds. The fraction of sp³-hybridized carbons (Fsp3) is 1.00. The predicted octanol–water partition coefficient (Wildman–Crippen LogP) is 0.885. The summed E-state index contributed by atoms with van der Waals surface area (Å²) in [6, 6.07) is -0.828. The van der Waals surface area contributed by atoms with Crippen LogP contribution in [0.15, 0.2) is 5.11 Å². The van der Waals surface area contributed by atoms with Crippen molar-refractivity contribution in [3.05, 3.63) is 10.4 Å². The Kier molecular flexibility index (Phi) is 4.69. The summed E-state index contributed by atoms with van der Waals surface area (Å²) < 4.78 is 5.47. The van der Waals surface area contributed by atoms with Crippen LogP contribution in [0.5, 0.6) is 0 Å². The zero-order valence-electron chi connectivity index (χ0n) is 8.65. The van der Waals surface area contributed by atoms with E-state index in [1.165, 1.54) is 11.8 Å². The average molecular weight is 233 g/mol. The van der Waals surface area contributed by atoms with Crippen LogP contribution in [0.4, 0.5) is 0 Å². The van der Waals surface area contributed by atoms with E-state index in [0.29, 0.717) is 6.42 Å². The van der Waals surface area contributed by atoms with Crippen molar-refractivity contribution in [1.82, 2.24) is 0 Å². The van der Waals surface area contributed by atoms with Crippen LogP contribution >= 0.6 is 11.8 Å². The summed E-state index contributed by atoms with van der Waals surface area (Å²) in [6.07, 6.45) is 0.118. The second kappa shape index (κ2) is 5.58. The highest BCUT2D eigenvalue weighted by molar-refractivity contribution is 7.99. The van der Waals surface area contributed by atoms with E-state index in [2.05, 4.69) is 10.0 Å². The first kappa shape index (κ1) is 12.6. The number of thioether (sulfide) groups is 1. The lowest BCUT2D eigenvalue weighted by atomic mass is 9.96. The summed E-state index contributed by atoms with van der Waals surface area (Å²) in [7, 11) is 0. The minimum Gasteiger partial charge on any atom is -0.390 e. The van der Waals surface area contributed by atoms with Crippen LogP contribution in [0.25, 0.3) is 10.4 Å². The van der Waals surface area contributed by atoms with Crippen LogP contribution in [0, 0.1) is 0 Å². The number of aliphatic hydroxyl groups excluding tert-OH is 2. The van der Waals surface area contributed by atoms with E-state index in [0.717, 1.165) is 0 Å². The maximum Gasteiger partial charge on any atom is 0.129 e. The number of hydrogen-bond acceptors (Lipinski definition) is 5. The van der Waals surface area contributed by atoms with Crippen molar-refractivity contribution < 1.29 is 14.9 Å². The first-order valence-corrected chi connectivity index (χ1v) is 6.03. The van der Waals surface area contributed by atoms with E-state index in [1.807, 2.05) is 6.92 Å². The summed E-state index contributed by atoms with van der Waals surface area (Å²) >= 11 is 1.34. The quantitative estimate of drug-likeness (QED) is 0.429. The molecule has 0 bridgehead atoms. The molecule has 0 spiro atoms. The maximum absolute atomic E-state index is 9.78. The molecular formula is C8H15N3O3S. The van der Waals surface area contributed by atoms with E-state index in [4.69, 9.17) is 10.3 Å². The van der Waals surface area contributed by atoms with Gasteiger partial charge in [0.05, 0.1) is 18.2 Å². The first-order valence-electron chi connectivity index (χ1n) is 4.74. The molecule has 0 saturated carbocycles. The normalized spacial score (nSPS) is 40.9. The molecule has 0 aromatic rings. The Labute approximate surface area is 92.2 Å².